The summed E-state index contributed by atoms with van der Waals surface area (Å²) in [5, 5.41) is 2.58. The standard InChI is InChI=1S/C49H46N2/c1-47(2)29-30-50(46-19-10-8-17-41(46)47)45-20-12-15-37-34(14-11-16-40(37)45)23-21-33-22-25-38-39-26-24-36(32-43(39)49(5,6)42(38)31-33)51-44-18-9-7-13-35(44)27-28-48(51,3)4/h7-28,31-32H,29-30H2,1-6H3. The van der Waals surface area contributed by atoms with Crippen molar-refractivity contribution in [1.82, 2.24) is 0 Å². The third-order valence-corrected chi connectivity index (χ3v) is 11.9. The van der Waals surface area contributed by atoms with Crippen LogP contribution in [0.5, 0.6) is 0 Å². The SMILES string of the molecule is CC1(C)CCN(c2cccc3c(C=Cc4ccc5c(c4)C(C)(C)c4cc(N6c7ccccc7C=CC6(C)C)ccc4-5)cccc23)c2ccccc21. The maximum absolute atomic E-state index is 2.53. The highest BCUT2D eigenvalue weighted by Gasteiger charge is 2.38. The van der Waals surface area contributed by atoms with Gasteiger partial charge >= 0.3 is 0 Å². The van der Waals surface area contributed by atoms with E-state index in [9.17, 15) is 0 Å². The molecule has 252 valence electrons. The molecule has 0 saturated heterocycles. The molecular weight excluding hydrogens is 617 g/mol. The van der Waals surface area contributed by atoms with Gasteiger partial charge in [0.15, 0.2) is 0 Å². The fraction of sp³-hybridized carbons (Fsp3) is 0.224. The van der Waals surface area contributed by atoms with Crippen LogP contribution in [0, 0.1) is 0 Å². The van der Waals surface area contributed by atoms with Gasteiger partial charge in [0.1, 0.15) is 0 Å². The highest BCUT2D eigenvalue weighted by atomic mass is 15.2. The van der Waals surface area contributed by atoms with E-state index in [4.69, 9.17) is 0 Å². The van der Waals surface area contributed by atoms with E-state index in [-0.39, 0.29) is 16.4 Å². The third kappa shape index (κ3) is 4.99. The molecule has 1 aliphatic carbocycles. The van der Waals surface area contributed by atoms with Crippen LogP contribution in [0.2, 0.25) is 0 Å². The van der Waals surface area contributed by atoms with Crippen LogP contribution in [0.15, 0.2) is 127 Å². The van der Waals surface area contributed by atoms with E-state index in [1.54, 1.807) is 0 Å². The third-order valence-electron chi connectivity index (χ3n) is 11.9. The number of para-hydroxylation sites is 2. The molecule has 0 amide bonds. The Balaban J connectivity index is 1.05. The molecule has 2 heterocycles. The molecule has 0 atom stereocenters. The first-order valence-electron chi connectivity index (χ1n) is 18.5. The first-order chi connectivity index (χ1) is 24.5. The van der Waals surface area contributed by atoms with E-state index in [1.165, 1.54) is 78.0 Å². The number of nitrogens with zero attached hydrogens (tertiary/aromatic N) is 2. The van der Waals surface area contributed by atoms with Gasteiger partial charge < -0.3 is 9.80 Å². The minimum atomic E-state index is -0.131. The molecular formula is C49H46N2. The van der Waals surface area contributed by atoms with Crippen molar-refractivity contribution in [3.8, 4) is 11.1 Å². The van der Waals surface area contributed by atoms with Gasteiger partial charge in [0.2, 0.25) is 0 Å². The van der Waals surface area contributed by atoms with Crippen molar-refractivity contribution < 1.29 is 0 Å². The number of anilines is 4. The normalized spacial score (nSPS) is 17.7. The van der Waals surface area contributed by atoms with Crippen LogP contribution in [0.1, 0.15) is 81.3 Å². The molecule has 0 aromatic heterocycles. The highest BCUT2D eigenvalue weighted by molar-refractivity contribution is 6.02. The van der Waals surface area contributed by atoms with Gasteiger partial charge in [0.05, 0.1) is 5.54 Å². The zero-order chi connectivity index (χ0) is 35.1. The van der Waals surface area contributed by atoms with Crippen LogP contribution in [0.4, 0.5) is 22.7 Å². The van der Waals surface area contributed by atoms with Gasteiger partial charge in [-0.3, -0.25) is 0 Å². The molecule has 0 radical (unpaired) electrons. The monoisotopic (exact) mass is 662 g/mol. The average Bonchev–Trinajstić information content (AvgIpc) is 3.35. The molecule has 6 aromatic carbocycles. The molecule has 0 unspecified atom stereocenters. The Morgan fingerprint density at radius 2 is 1.25 bits per heavy atom. The maximum Gasteiger partial charge on any atom is 0.0580 e. The fourth-order valence-corrected chi connectivity index (χ4v) is 9.03. The minimum Gasteiger partial charge on any atom is -0.341 e. The summed E-state index contributed by atoms with van der Waals surface area (Å²) < 4.78 is 0. The molecule has 3 aliphatic rings. The van der Waals surface area contributed by atoms with Crippen molar-refractivity contribution in [3.05, 3.63) is 161 Å². The Bertz CT molecular complexity index is 2420. The van der Waals surface area contributed by atoms with Crippen LogP contribution in [-0.2, 0) is 10.8 Å². The minimum absolute atomic E-state index is 0.118. The molecule has 51 heavy (non-hydrogen) atoms. The largest absolute Gasteiger partial charge is 0.341 e. The van der Waals surface area contributed by atoms with Crippen LogP contribution in [0.3, 0.4) is 0 Å². The van der Waals surface area contributed by atoms with E-state index < -0.39 is 0 Å². The van der Waals surface area contributed by atoms with Crippen LogP contribution >= 0.6 is 0 Å². The first kappa shape index (κ1) is 31.6. The van der Waals surface area contributed by atoms with Gasteiger partial charge in [-0.25, -0.2) is 0 Å². The number of fused-ring (bicyclic) bond motifs is 6. The van der Waals surface area contributed by atoms with Crippen LogP contribution < -0.4 is 9.80 Å². The average molecular weight is 663 g/mol. The van der Waals surface area contributed by atoms with Crippen molar-refractivity contribution in [2.75, 3.05) is 16.3 Å². The summed E-state index contributed by atoms with van der Waals surface area (Å²) in [5.74, 6) is 0. The summed E-state index contributed by atoms with van der Waals surface area (Å²) in [6, 6.07) is 45.4. The molecule has 0 fully saturated rings. The van der Waals surface area contributed by atoms with Crippen molar-refractivity contribution in [1.29, 1.82) is 0 Å². The van der Waals surface area contributed by atoms with E-state index in [1.807, 2.05) is 0 Å². The highest BCUT2D eigenvalue weighted by Crippen LogP contribution is 2.52. The summed E-state index contributed by atoms with van der Waals surface area (Å²) in [6.45, 7) is 15.1. The van der Waals surface area contributed by atoms with Gasteiger partial charge in [-0.2, -0.15) is 0 Å². The first-order valence-corrected chi connectivity index (χ1v) is 18.5. The molecule has 0 saturated carbocycles. The summed E-state index contributed by atoms with van der Waals surface area (Å²) in [5.41, 5.74) is 15.7. The summed E-state index contributed by atoms with van der Waals surface area (Å²) >= 11 is 0. The zero-order valence-electron chi connectivity index (χ0n) is 30.7. The molecule has 2 aliphatic heterocycles. The van der Waals surface area contributed by atoms with Gasteiger partial charge in [-0.1, -0.05) is 143 Å². The lowest BCUT2D eigenvalue weighted by atomic mass is 9.77. The molecule has 0 spiro atoms. The van der Waals surface area contributed by atoms with Crippen molar-refractivity contribution in [2.45, 2.75) is 64.3 Å². The van der Waals surface area contributed by atoms with Gasteiger partial charge in [0, 0.05) is 40.1 Å². The maximum atomic E-state index is 2.53. The lowest BCUT2D eigenvalue weighted by molar-refractivity contribution is 0.467. The number of hydrogen-bond acceptors (Lipinski definition) is 2. The Kier molecular flexibility index (Phi) is 7.03. The zero-order valence-corrected chi connectivity index (χ0v) is 30.7. The summed E-state index contributed by atoms with van der Waals surface area (Å²) in [7, 11) is 0. The molecule has 0 N–H and O–H groups in total. The second-order valence-corrected chi connectivity index (χ2v) is 16.4. The predicted molar refractivity (Wildman–Crippen MR) is 220 cm³/mol. The van der Waals surface area contributed by atoms with Gasteiger partial charge in [-0.05, 0) is 106 Å². The lowest BCUT2D eigenvalue weighted by Crippen LogP contribution is -2.40. The van der Waals surface area contributed by atoms with Gasteiger partial charge in [-0.15, -0.1) is 0 Å². The molecule has 0 bridgehead atoms. The number of benzene rings is 6. The van der Waals surface area contributed by atoms with Crippen LogP contribution in [0.25, 0.3) is 40.1 Å². The Morgan fingerprint density at radius 3 is 2.10 bits per heavy atom. The molecule has 2 heteroatoms. The second-order valence-electron chi connectivity index (χ2n) is 16.4. The quantitative estimate of drug-likeness (QED) is 0.173. The smallest absolute Gasteiger partial charge is 0.0580 e. The van der Waals surface area contributed by atoms with E-state index in [0.717, 1.165) is 13.0 Å². The Morgan fingerprint density at radius 1 is 0.569 bits per heavy atom. The van der Waals surface area contributed by atoms with Crippen LogP contribution in [-0.4, -0.2) is 12.1 Å². The Hall–Kier alpha value is -5.34. The van der Waals surface area contributed by atoms with E-state index in [0.29, 0.717) is 0 Å². The molecule has 2 nitrogen and oxygen atoms in total. The van der Waals surface area contributed by atoms with E-state index in [2.05, 4.69) is 197 Å². The fourth-order valence-electron chi connectivity index (χ4n) is 9.03. The predicted octanol–water partition coefficient (Wildman–Crippen LogP) is 13.1. The van der Waals surface area contributed by atoms with Crippen molar-refractivity contribution >= 4 is 51.8 Å². The molecule has 6 aromatic rings. The van der Waals surface area contributed by atoms with Crippen molar-refractivity contribution in [3.63, 3.8) is 0 Å². The van der Waals surface area contributed by atoms with Gasteiger partial charge in [0.25, 0.3) is 0 Å². The second kappa shape index (κ2) is 11.3. The molecule has 9 rings (SSSR count). The summed E-state index contributed by atoms with van der Waals surface area (Å²) in [4.78, 5) is 5.03. The number of hydrogen-bond donors (Lipinski definition) is 0. The van der Waals surface area contributed by atoms with E-state index >= 15 is 0 Å². The summed E-state index contributed by atoms with van der Waals surface area (Å²) in [6.07, 6.45) is 10.3. The topological polar surface area (TPSA) is 6.48 Å². The lowest BCUT2D eigenvalue weighted by Gasteiger charge is -2.42. The van der Waals surface area contributed by atoms with Crippen molar-refractivity contribution in [2.24, 2.45) is 0 Å². The number of rotatable bonds is 4. The Labute approximate surface area is 303 Å².